The van der Waals surface area contributed by atoms with Crippen LogP contribution in [0, 0.1) is 0 Å². The molecule has 1 aromatic carbocycles. The van der Waals surface area contributed by atoms with Crippen molar-refractivity contribution in [2.75, 3.05) is 7.11 Å². The molecule has 0 aliphatic heterocycles. The zero-order valence-electron chi connectivity index (χ0n) is 21.0. The molecule has 3 aromatic heterocycles. The standard InChI is InChI=1S/C25H20B3F3N6O2/c1-23(38,16-9-10-32-20(35-16)18-19(13-3-4-13)33-12-34-22(18)39-2)15-7-5-14(6-8-15)21-36-17(24(29,30)31)11-37(21)25(26,27)28/h5-13,38H,3-4H2,1-2H3. The fraction of sp³-hybridized carbons (Fsp3) is 0.320. The normalized spacial score (nSPS) is 15.6. The van der Waals surface area contributed by atoms with Crippen LogP contribution in [-0.4, -0.2) is 65.2 Å². The number of aromatic nitrogens is 6. The summed E-state index contributed by atoms with van der Waals surface area (Å²) in [6.07, 6.45) is 0.843. The molecule has 0 bridgehead atoms. The van der Waals surface area contributed by atoms with Crippen molar-refractivity contribution in [3.05, 3.63) is 71.7 Å². The average molecular weight is 526 g/mol. The monoisotopic (exact) mass is 526 g/mol. The van der Waals surface area contributed by atoms with E-state index < -0.39 is 22.7 Å². The number of nitrogens with zero attached hydrogens (tertiary/aromatic N) is 6. The van der Waals surface area contributed by atoms with Gasteiger partial charge >= 0.3 is 6.18 Å². The maximum Gasteiger partial charge on any atom is 0.434 e. The van der Waals surface area contributed by atoms with E-state index in [1.807, 2.05) is 0 Å². The van der Waals surface area contributed by atoms with E-state index in [1.165, 1.54) is 43.9 Å². The zero-order valence-corrected chi connectivity index (χ0v) is 21.0. The third-order valence-electron chi connectivity index (χ3n) is 6.50. The molecule has 5 rings (SSSR count). The van der Waals surface area contributed by atoms with E-state index in [1.54, 1.807) is 13.0 Å². The highest BCUT2D eigenvalue weighted by molar-refractivity contribution is 6.56. The van der Waals surface area contributed by atoms with E-state index in [0.29, 0.717) is 29.0 Å². The largest absolute Gasteiger partial charge is 0.480 e. The van der Waals surface area contributed by atoms with Gasteiger partial charge in [-0.2, -0.15) is 13.2 Å². The maximum atomic E-state index is 13.3. The molecular weight excluding hydrogens is 506 g/mol. The van der Waals surface area contributed by atoms with Gasteiger partial charge in [-0.3, -0.25) is 0 Å². The number of aliphatic hydroxyl groups is 1. The number of methoxy groups -OCH3 is 1. The van der Waals surface area contributed by atoms with Gasteiger partial charge in [0.15, 0.2) is 11.5 Å². The maximum absolute atomic E-state index is 13.3. The quantitative estimate of drug-likeness (QED) is 0.370. The van der Waals surface area contributed by atoms with Gasteiger partial charge in [-0.1, -0.05) is 29.5 Å². The molecule has 8 nitrogen and oxygen atoms in total. The number of benzene rings is 1. The second kappa shape index (κ2) is 9.51. The second-order valence-corrected chi connectivity index (χ2v) is 9.54. The lowest BCUT2D eigenvalue weighted by Crippen LogP contribution is -2.35. The number of hydrogen-bond donors (Lipinski definition) is 1. The van der Waals surface area contributed by atoms with Gasteiger partial charge in [0.25, 0.3) is 0 Å². The summed E-state index contributed by atoms with van der Waals surface area (Å²) in [5.41, 5.74) is -0.519. The summed E-state index contributed by atoms with van der Waals surface area (Å²) in [6, 6.07) is 7.61. The highest BCUT2D eigenvalue weighted by Crippen LogP contribution is 2.45. The molecule has 0 saturated heterocycles. The molecule has 1 unspecified atom stereocenters. The molecular formula is C25H20B3F3N6O2. The van der Waals surface area contributed by atoms with Gasteiger partial charge in [-0.25, -0.2) is 24.9 Å². The number of hydrogen-bond acceptors (Lipinski definition) is 7. The van der Waals surface area contributed by atoms with E-state index in [2.05, 4.69) is 24.9 Å². The topological polar surface area (TPSA) is 98.8 Å². The van der Waals surface area contributed by atoms with Crippen LogP contribution in [0.2, 0.25) is 0 Å². The molecule has 0 amide bonds. The van der Waals surface area contributed by atoms with Gasteiger partial charge in [0.1, 0.15) is 23.3 Å². The van der Waals surface area contributed by atoms with Gasteiger partial charge in [0.2, 0.25) is 5.88 Å². The van der Waals surface area contributed by atoms with E-state index in [4.69, 9.17) is 28.3 Å². The van der Waals surface area contributed by atoms with Crippen molar-refractivity contribution < 1.29 is 23.0 Å². The minimum Gasteiger partial charge on any atom is -0.480 e. The molecule has 192 valence electrons. The number of alkyl halides is 3. The minimum atomic E-state index is -4.73. The zero-order chi connectivity index (χ0) is 28.2. The van der Waals surface area contributed by atoms with Crippen LogP contribution in [0.15, 0.2) is 49.1 Å². The Labute approximate surface area is 226 Å². The molecule has 3 heterocycles. The first-order valence-corrected chi connectivity index (χ1v) is 11.9. The van der Waals surface area contributed by atoms with Crippen molar-refractivity contribution in [3.63, 3.8) is 0 Å². The van der Waals surface area contributed by atoms with Crippen molar-refractivity contribution in [2.24, 2.45) is 0 Å². The Bertz CT molecular complexity index is 1520. The Balaban J connectivity index is 1.52. The second-order valence-electron chi connectivity index (χ2n) is 9.54. The fourth-order valence-corrected chi connectivity index (χ4v) is 4.27. The molecule has 6 radical (unpaired) electrons. The van der Waals surface area contributed by atoms with Gasteiger partial charge in [-0.15, -0.1) is 0 Å². The van der Waals surface area contributed by atoms with Gasteiger partial charge in [-0.05, 0) is 31.4 Å². The predicted octanol–water partition coefficient (Wildman–Crippen LogP) is 3.03. The summed E-state index contributed by atoms with van der Waals surface area (Å²) in [5.74, 6) is 0.708. The molecule has 1 atom stereocenters. The summed E-state index contributed by atoms with van der Waals surface area (Å²) >= 11 is 0. The Morgan fingerprint density at radius 3 is 2.26 bits per heavy atom. The highest BCUT2D eigenvalue weighted by atomic mass is 19.4. The first kappa shape index (κ1) is 26.9. The summed E-state index contributed by atoms with van der Waals surface area (Å²) < 4.78 is 46.2. The first-order chi connectivity index (χ1) is 18.3. The summed E-state index contributed by atoms with van der Waals surface area (Å²) in [4.78, 5) is 21.3. The molecule has 1 aliphatic carbocycles. The molecule has 1 aliphatic rings. The Hall–Kier alpha value is -3.67. The third kappa shape index (κ3) is 5.17. The molecule has 0 spiro atoms. The molecule has 39 heavy (non-hydrogen) atoms. The lowest BCUT2D eigenvalue weighted by molar-refractivity contribution is -0.140. The fourth-order valence-electron chi connectivity index (χ4n) is 4.27. The van der Waals surface area contributed by atoms with Crippen LogP contribution in [0.3, 0.4) is 0 Å². The Morgan fingerprint density at radius 2 is 1.67 bits per heavy atom. The lowest BCUT2D eigenvalue weighted by atomic mass is 9.49. The van der Waals surface area contributed by atoms with Crippen molar-refractivity contribution in [1.29, 1.82) is 0 Å². The van der Waals surface area contributed by atoms with Crippen molar-refractivity contribution in [3.8, 4) is 28.7 Å². The molecule has 14 heteroatoms. The van der Waals surface area contributed by atoms with E-state index in [-0.39, 0.29) is 23.0 Å². The minimum absolute atomic E-state index is 0.186. The third-order valence-corrected chi connectivity index (χ3v) is 6.50. The van der Waals surface area contributed by atoms with E-state index >= 15 is 0 Å². The van der Waals surface area contributed by atoms with E-state index in [9.17, 15) is 18.3 Å². The number of imidazole rings is 1. The molecule has 4 aromatic rings. The van der Waals surface area contributed by atoms with Gasteiger partial charge in [0.05, 0.1) is 42.0 Å². The summed E-state index contributed by atoms with van der Waals surface area (Å²) in [7, 11) is 18.5. The Morgan fingerprint density at radius 1 is 0.974 bits per heavy atom. The van der Waals surface area contributed by atoms with Crippen molar-refractivity contribution >= 4 is 23.5 Å². The number of ether oxygens (including phenoxy) is 1. The number of halogens is 3. The van der Waals surface area contributed by atoms with Crippen LogP contribution >= 0.6 is 0 Å². The Kier molecular flexibility index (Phi) is 6.57. The van der Waals surface area contributed by atoms with Gasteiger partial charge in [0, 0.05) is 23.9 Å². The van der Waals surface area contributed by atoms with Crippen LogP contribution in [-0.2, 0) is 17.0 Å². The van der Waals surface area contributed by atoms with Crippen molar-refractivity contribution in [1.82, 2.24) is 29.5 Å². The van der Waals surface area contributed by atoms with Crippen molar-refractivity contribution in [2.45, 2.75) is 42.7 Å². The number of rotatable bonds is 7. The van der Waals surface area contributed by atoms with Crippen LogP contribution < -0.4 is 4.74 Å². The molecule has 1 saturated carbocycles. The van der Waals surface area contributed by atoms with Crippen LogP contribution in [0.4, 0.5) is 13.2 Å². The lowest BCUT2D eigenvalue weighted by Gasteiger charge is -2.26. The smallest absolute Gasteiger partial charge is 0.434 e. The first-order valence-electron chi connectivity index (χ1n) is 11.9. The van der Waals surface area contributed by atoms with Gasteiger partial charge < -0.3 is 14.4 Å². The highest BCUT2D eigenvalue weighted by Gasteiger charge is 2.37. The SMILES string of the molecule is [B]C([B])([B])n1cc(C(F)(F)F)nc1-c1ccc(C(C)(O)c2ccnc(-c3c(OC)ncnc3C3CC3)n2)cc1. The molecule has 1 fully saturated rings. The summed E-state index contributed by atoms with van der Waals surface area (Å²) in [6.45, 7) is 1.54. The average Bonchev–Trinajstić information content (AvgIpc) is 3.63. The van der Waals surface area contributed by atoms with Crippen LogP contribution in [0.25, 0.3) is 22.8 Å². The van der Waals surface area contributed by atoms with Crippen LogP contribution in [0.1, 0.15) is 48.3 Å². The van der Waals surface area contributed by atoms with E-state index in [0.717, 1.165) is 23.1 Å². The predicted molar refractivity (Wildman–Crippen MR) is 138 cm³/mol. The molecule has 1 N–H and O–H groups in total. The summed E-state index contributed by atoms with van der Waals surface area (Å²) in [5, 5.41) is 9.39. The van der Waals surface area contributed by atoms with Crippen LogP contribution in [0.5, 0.6) is 5.88 Å².